The molecule has 1 aromatic rings. The molecule has 0 saturated heterocycles. The van der Waals surface area contributed by atoms with Gasteiger partial charge < -0.3 is 9.26 Å². The van der Waals surface area contributed by atoms with Gasteiger partial charge in [0.05, 0.1) is 6.61 Å². The summed E-state index contributed by atoms with van der Waals surface area (Å²) in [4.78, 5) is 12.1. The Hall–Kier alpha value is -1.36. The summed E-state index contributed by atoms with van der Waals surface area (Å²) in [6, 6.07) is 6.68. The zero-order valence-electron chi connectivity index (χ0n) is 13.9. The molecule has 0 unspecified atom stereocenters. The number of rotatable bonds is 8. The number of ether oxygens (including phenoxy) is 1. The first-order chi connectivity index (χ1) is 10.3. The van der Waals surface area contributed by atoms with Crippen LogP contribution >= 0.6 is 7.67 Å². The van der Waals surface area contributed by atoms with Crippen molar-refractivity contribution in [1.29, 1.82) is 0 Å². The minimum absolute atomic E-state index is 0.259. The Balaban J connectivity index is 3.01. The van der Waals surface area contributed by atoms with Crippen LogP contribution in [0.3, 0.4) is 0 Å². The zero-order chi connectivity index (χ0) is 16.8. The number of benzene rings is 1. The number of hydrogen-bond acceptors (Lipinski definition) is 4. The fourth-order valence-corrected chi connectivity index (χ4v) is 3.21. The molecule has 124 valence electrons. The van der Waals surface area contributed by atoms with Gasteiger partial charge in [-0.05, 0) is 46.7 Å². The first kappa shape index (κ1) is 18.7. The number of nitrogens with zero attached hydrogens (tertiary/aromatic N) is 2. The van der Waals surface area contributed by atoms with Crippen LogP contribution in [0.1, 0.15) is 30.1 Å². The van der Waals surface area contributed by atoms with E-state index in [1.165, 1.54) is 9.34 Å². The van der Waals surface area contributed by atoms with Gasteiger partial charge in [-0.3, -0.25) is 0 Å². The van der Waals surface area contributed by atoms with Crippen LogP contribution in [0, 0.1) is 0 Å². The summed E-state index contributed by atoms with van der Waals surface area (Å²) in [5.41, 5.74) is 0.280. The van der Waals surface area contributed by atoms with Gasteiger partial charge in [-0.2, -0.15) is 0 Å². The number of carbonyl (C=O) groups excluding carboxylic acids is 1. The second kappa shape index (κ2) is 8.32. The lowest BCUT2D eigenvalue weighted by Gasteiger charge is -2.30. The zero-order valence-corrected chi connectivity index (χ0v) is 14.8. The summed E-state index contributed by atoms with van der Waals surface area (Å²) in [5.74, 6) is -0.206. The maximum absolute atomic E-state index is 12.9. The van der Waals surface area contributed by atoms with Crippen LogP contribution in [-0.4, -0.2) is 50.1 Å². The SMILES string of the molecule is CCCCOC(=O)c1ccccc1OP(=O)(N(C)C)N(C)C. The molecule has 0 radical (unpaired) electrons. The molecule has 0 bridgehead atoms. The van der Waals surface area contributed by atoms with Crippen molar-refractivity contribution in [2.75, 3.05) is 34.8 Å². The van der Waals surface area contributed by atoms with E-state index in [9.17, 15) is 9.36 Å². The first-order valence-corrected chi connectivity index (χ1v) is 8.77. The Bertz CT molecular complexity index is 534. The van der Waals surface area contributed by atoms with Crippen LogP contribution in [0.25, 0.3) is 0 Å². The summed E-state index contributed by atoms with van der Waals surface area (Å²) in [5, 5.41) is 0. The van der Waals surface area contributed by atoms with E-state index in [-0.39, 0.29) is 11.3 Å². The van der Waals surface area contributed by atoms with Gasteiger partial charge in [-0.25, -0.2) is 18.7 Å². The van der Waals surface area contributed by atoms with Crippen molar-refractivity contribution in [3.8, 4) is 5.75 Å². The van der Waals surface area contributed by atoms with Crippen LogP contribution in [0.5, 0.6) is 5.75 Å². The van der Waals surface area contributed by atoms with E-state index in [1.807, 2.05) is 6.92 Å². The summed E-state index contributed by atoms with van der Waals surface area (Å²) >= 11 is 0. The summed E-state index contributed by atoms with van der Waals surface area (Å²) in [7, 11) is 3.45. The standard InChI is InChI=1S/C15H25N2O4P/c1-6-7-12-20-15(18)13-10-8-9-11-14(13)21-22(19,16(2)3)17(4)5/h8-11H,6-7,12H2,1-5H3. The monoisotopic (exact) mass is 328 g/mol. The molecule has 1 aromatic carbocycles. The van der Waals surface area contributed by atoms with Gasteiger partial charge in [0.25, 0.3) is 0 Å². The molecule has 22 heavy (non-hydrogen) atoms. The second-order valence-electron chi connectivity index (χ2n) is 5.26. The molecule has 0 atom stereocenters. The van der Waals surface area contributed by atoms with Gasteiger partial charge in [0.2, 0.25) is 0 Å². The third-order valence-corrected chi connectivity index (χ3v) is 5.52. The lowest BCUT2D eigenvalue weighted by molar-refractivity contribution is 0.0497. The van der Waals surface area contributed by atoms with Crippen molar-refractivity contribution in [1.82, 2.24) is 9.34 Å². The smallest absolute Gasteiger partial charge is 0.394 e. The second-order valence-corrected chi connectivity index (χ2v) is 8.03. The third-order valence-electron chi connectivity index (χ3n) is 3.07. The van der Waals surface area contributed by atoms with Gasteiger partial charge in [0.15, 0.2) is 0 Å². The Morgan fingerprint density at radius 3 is 2.27 bits per heavy atom. The van der Waals surface area contributed by atoms with Crippen molar-refractivity contribution in [2.24, 2.45) is 0 Å². The van der Waals surface area contributed by atoms with E-state index in [2.05, 4.69) is 0 Å². The third kappa shape index (κ3) is 4.57. The lowest BCUT2D eigenvalue weighted by atomic mass is 10.2. The predicted molar refractivity (Wildman–Crippen MR) is 87.2 cm³/mol. The largest absolute Gasteiger partial charge is 0.462 e. The Morgan fingerprint density at radius 2 is 1.73 bits per heavy atom. The lowest BCUT2D eigenvalue weighted by Crippen LogP contribution is -2.25. The molecular formula is C15H25N2O4P. The Labute approximate surface area is 132 Å². The molecule has 0 spiro atoms. The highest BCUT2D eigenvalue weighted by Gasteiger charge is 2.32. The van der Waals surface area contributed by atoms with Crippen molar-refractivity contribution >= 4 is 13.6 Å². The van der Waals surface area contributed by atoms with Crippen molar-refractivity contribution in [2.45, 2.75) is 19.8 Å². The molecule has 0 fully saturated rings. The highest BCUT2D eigenvalue weighted by molar-refractivity contribution is 7.54. The molecule has 0 aliphatic heterocycles. The molecule has 0 N–H and O–H groups in total. The molecule has 1 rings (SSSR count). The van der Waals surface area contributed by atoms with Gasteiger partial charge in [-0.15, -0.1) is 0 Å². The van der Waals surface area contributed by atoms with Crippen molar-refractivity contribution < 1.29 is 18.6 Å². The average Bonchev–Trinajstić information content (AvgIpc) is 2.47. The molecule has 0 aliphatic carbocycles. The minimum atomic E-state index is -3.22. The molecule has 0 amide bonds. The molecule has 6 nitrogen and oxygen atoms in total. The Morgan fingerprint density at radius 1 is 1.14 bits per heavy atom. The fourth-order valence-electron chi connectivity index (χ4n) is 1.75. The highest BCUT2D eigenvalue weighted by Crippen LogP contribution is 2.51. The molecule has 0 aromatic heterocycles. The summed E-state index contributed by atoms with van der Waals surface area (Å²) in [6.07, 6.45) is 1.75. The molecule has 0 aliphatic rings. The summed E-state index contributed by atoms with van der Waals surface area (Å²) in [6.45, 7) is 2.39. The molecule has 0 heterocycles. The molecule has 0 saturated carbocycles. The number of para-hydroxylation sites is 1. The van der Waals surface area contributed by atoms with Gasteiger partial charge >= 0.3 is 13.6 Å². The van der Waals surface area contributed by atoms with Gasteiger partial charge in [0, 0.05) is 0 Å². The van der Waals surface area contributed by atoms with E-state index in [4.69, 9.17) is 9.26 Å². The van der Waals surface area contributed by atoms with E-state index in [1.54, 1.807) is 52.5 Å². The van der Waals surface area contributed by atoms with E-state index < -0.39 is 13.6 Å². The maximum atomic E-state index is 12.9. The highest BCUT2D eigenvalue weighted by atomic mass is 31.2. The van der Waals surface area contributed by atoms with E-state index in [0.717, 1.165) is 12.8 Å². The first-order valence-electron chi connectivity index (χ1n) is 7.24. The van der Waals surface area contributed by atoms with Crippen LogP contribution in [0.15, 0.2) is 24.3 Å². The number of hydrogen-bond donors (Lipinski definition) is 0. The predicted octanol–water partition coefficient (Wildman–Crippen LogP) is 3.25. The molecular weight excluding hydrogens is 303 g/mol. The van der Waals surface area contributed by atoms with Crippen LogP contribution in [0.4, 0.5) is 0 Å². The van der Waals surface area contributed by atoms with E-state index >= 15 is 0 Å². The van der Waals surface area contributed by atoms with E-state index in [0.29, 0.717) is 6.61 Å². The van der Waals surface area contributed by atoms with Crippen LogP contribution in [0.2, 0.25) is 0 Å². The number of esters is 1. The number of carbonyl (C=O) groups is 1. The van der Waals surface area contributed by atoms with Gasteiger partial charge in [-0.1, -0.05) is 25.5 Å². The quantitative estimate of drug-likeness (QED) is 0.415. The van der Waals surface area contributed by atoms with Gasteiger partial charge in [0.1, 0.15) is 11.3 Å². The number of unbranched alkanes of at least 4 members (excludes halogenated alkanes) is 1. The molecule has 7 heteroatoms. The minimum Gasteiger partial charge on any atom is -0.462 e. The van der Waals surface area contributed by atoms with Crippen molar-refractivity contribution in [3.63, 3.8) is 0 Å². The van der Waals surface area contributed by atoms with Crippen molar-refractivity contribution in [3.05, 3.63) is 29.8 Å². The normalized spacial score (nSPS) is 11.8. The maximum Gasteiger partial charge on any atom is 0.394 e. The van der Waals surface area contributed by atoms with Crippen LogP contribution < -0.4 is 4.52 Å². The summed E-state index contributed by atoms with van der Waals surface area (Å²) < 4.78 is 26.8. The Kier molecular flexibility index (Phi) is 7.07. The average molecular weight is 328 g/mol. The fraction of sp³-hybridized carbons (Fsp3) is 0.533. The topological polar surface area (TPSA) is 59.1 Å². The van der Waals surface area contributed by atoms with Crippen LogP contribution in [-0.2, 0) is 9.30 Å².